The summed E-state index contributed by atoms with van der Waals surface area (Å²) in [6, 6.07) is 15.5. The molecule has 84 valence electrons. The Kier molecular flexibility index (Phi) is 2.46. The molecule has 0 amide bonds. The van der Waals surface area contributed by atoms with Crippen LogP contribution in [0.5, 0.6) is 0 Å². The van der Waals surface area contributed by atoms with E-state index < -0.39 is 0 Å². The molecule has 2 aromatic carbocycles. The lowest BCUT2D eigenvalue weighted by Crippen LogP contribution is -2.06. The van der Waals surface area contributed by atoms with E-state index in [9.17, 15) is 0 Å². The third-order valence-electron chi connectivity index (χ3n) is 2.55. The van der Waals surface area contributed by atoms with E-state index in [1.165, 1.54) is 0 Å². The van der Waals surface area contributed by atoms with Crippen LogP contribution in [-0.2, 0) is 0 Å². The van der Waals surface area contributed by atoms with Crippen molar-refractivity contribution in [3.63, 3.8) is 0 Å². The molecule has 0 unspecified atom stereocenters. The van der Waals surface area contributed by atoms with Gasteiger partial charge in [0.1, 0.15) is 6.33 Å². The molecule has 0 bridgehead atoms. The second-order valence-corrected chi connectivity index (χ2v) is 4.16. The van der Waals surface area contributed by atoms with Crippen LogP contribution < -0.4 is 5.43 Å². The molecular weight excluding hydrogens is 234 g/mol. The van der Waals surface area contributed by atoms with E-state index in [-0.39, 0.29) is 0 Å². The van der Waals surface area contributed by atoms with Gasteiger partial charge < -0.3 is 0 Å². The number of benzene rings is 2. The Labute approximate surface area is 104 Å². The van der Waals surface area contributed by atoms with Gasteiger partial charge in [0.25, 0.3) is 0 Å². The lowest BCUT2D eigenvalue weighted by atomic mass is 10.3. The number of anilines is 1. The van der Waals surface area contributed by atoms with Crippen LogP contribution in [0.15, 0.2) is 54.9 Å². The zero-order valence-corrected chi connectivity index (χ0v) is 9.72. The standard InChI is InChI=1S/C13H10ClN3/c14-10-5-7-11(8-6-10)16-17-9-15-12-3-1-2-4-13(12)17/h1-9,16H. The van der Waals surface area contributed by atoms with Crippen LogP contribution in [0.4, 0.5) is 5.69 Å². The number of fused-ring (bicyclic) bond motifs is 1. The number of hydrogen-bond donors (Lipinski definition) is 1. The van der Waals surface area contributed by atoms with Crippen molar-refractivity contribution in [2.24, 2.45) is 0 Å². The average molecular weight is 244 g/mol. The SMILES string of the molecule is Clc1ccc(Nn2cnc3ccccc32)cc1. The molecule has 0 saturated carbocycles. The van der Waals surface area contributed by atoms with Crippen molar-refractivity contribution >= 4 is 28.3 Å². The average Bonchev–Trinajstić information content (AvgIpc) is 2.76. The molecule has 0 fully saturated rings. The molecule has 0 saturated heterocycles. The summed E-state index contributed by atoms with van der Waals surface area (Å²) in [7, 11) is 0. The van der Waals surface area contributed by atoms with Crippen molar-refractivity contribution in [2.45, 2.75) is 0 Å². The van der Waals surface area contributed by atoms with E-state index in [4.69, 9.17) is 11.6 Å². The first-order valence-electron chi connectivity index (χ1n) is 5.27. The first kappa shape index (κ1) is 10.2. The summed E-state index contributed by atoms with van der Waals surface area (Å²) in [4.78, 5) is 4.31. The summed E-state index contributed by atoms with van der Waals surface area (Å²) in [6.07, 6.45) is 1.76. The topological polar surface area (TPSA) is 29.9 Å². The molecule has 1 N–H and O–H groups in total. The maximum atomic E-state index is 5.84. The van der Waals surface area contributed by atoms with Crippen LogP contribution in [0, 0.1) is 0 Å². The number of aromatic nitrogens is 2. The van der Waals surface area contributed by atoms with Gasteiger partial charge in [-0.25, -0.2) is 9.66 Å². The van der Waals surface area contributed by atoms with Crippen molar-refractivity contribution < 1.29 is 0 Å². The molecule has 3 nitrogen and oxygen atoms in total. The molecule has 17 heavy (non-hydrogen) atoms. The Morgan fingerprint density at radius 3 is 2.59 bits per heavy atom. The molecule has 3 rings (SSSR count). The largest absolute Gasteiger partial charge is 0.293 e. The van der Waals surface area contributed by atoms with Gasteiger partial charge in [-0.05, 0) is 36.4 Å². The van der Waals surface area contributed by atoms with Gasteiger partial charge in [0.05, 0.1) is 16.7 Å². The molecule has 1 heterocycles. The van der Waals surface area contributed by atoms with E-state index in [1.54, 1.807) is 6.33 Å². The number of imidazole rings is 1. The molecule has 4 heteroatoms. The van der Waals surface area contributed by atoms with Crippen LogP contribution in [0.25, 0.3) is 11.0 Å². The molecule has 0 aliphatic heterocycles. The lowest BCUT2D eigenvalue weighted by molar-refractivity contribution is 0.989. The van der Waals surface area contributed by atoms with Gasteiger partial charge >= 0.3 is 0 Å². The van der Waals surface area contributed by atoms with Crippen molar-refractivity contribution in [1.29, 1.82) is 0 Å². The number of nitrogens with one attached hydrogen (secondary N) is 1. The predicted octanol–water partition coefficient (Wildman–Crippen LogP) is 3.56. The molecule has 3 aromatic rings. The molecule has 0 aliphatic carbocycles. The summed E-state index contributed by atoms with van der Waals surface area (Å²) >= 11 is 5.84. The second kappa shape index (κ2) is 4.11. The fraction of sp³-hybridized carbons (Fsp3) is 0. The third kappa shape index (κ3) is 1.97. The molecule has 0 atom stereocenters. The summed E-state index contributed by atoms with van der Waals surface area (Å²) in [5.74, 6) is 0. The Morgan fingerprint density at radius 1 is 1.00 bits per heavy atom. The summed E-state index contributed by atoms with van der Waals surface area (Å²) in [5, 5.41) is 0.728. The molecule has 1 aromatic heterocycles. The number of para-hydroxylation sites is 2. The van der Waals surface area contributed by atoms with Crippen molar-refractivity contribution in [1.82, 2.24) is 9.66 Å². The Bertz CT molecular complexity index is 643. The minimum absolute atomic E-state index is 0.728. The van der Waals surface area contributed by atoms with E-state index >= 15 is 0 Å². The Hall–Kier alpha value is -2.00. The fourth-order valence-electron chi connectivity index (χ4n) is 1.71. The molecule has 0 aliphatic rings. The monoisotopic (exact) mass is 243 g/mol. The summed E-state index contributed by atoms with van der Waals surface area (Å²) < 4.78 is 1.89. The van der Waals surface area contributed by atoms with Gasteiger partial charge in [-0.1, -0.05) is 23.7 Å². The maximum Gasteiger partial charge on any atom is 0.116 e. The Morgan fingerprint density at radius 2 is 1.76 bits per heavy atom. The van der Waals surface area contributed by atoms with Gasteiger partial charge in [0.2, 0.25) is 0 Å². The van der Waals surface area contributed by atoms with E-state index in [0.717, 1.165) is 21.7 Å². The highest BCUT2D eigenvalue weighted by molar-refractivity contribution is 6.30. The van der Waals surface area contributed by atoms with Gasteiger partial charge in [0, 0.05) is 5.02 Å². The first-order chi connectivity index (χ1) is 8.33. The third-order valence-corrected chi connectivity index (χ3v) is 2.80. The van der Waals surface area contributed by atoms with Crippen LogP contribution in [0.2, 0.25) is 5.02 Å². The normalized spacial score (nSPS) is 10.6. The Balaban J connectivity index is 1.97. The van der Waals surface area contributed by atoms with Crippen molar-refractivity contribution in [2.75, 3.05) is 5.43 Å². The van der Waals surface area contributed by atoms with Gasteiger partial charge in [-0.2, -0.15) is 0 Å². The predicted molar refractivity (Wildman–Crippen MR) is 70.2 cm³/mol. The first-order valence-corrected chi connectivity index (χ1v) is 5.65. The van der Waals surface area contributed by atoms with E-state index in [0.29, 0.717) is 0 Å². The van der Waals surface area contributed by atoms with Crippen molar-refractivity contribution in [3.05, 3.63) is 59.9 Å². The molecule has 0 radical (unpaired) electrons. The highest BCUT2D eigenvalue weighted by Gasteiger charge is 2.00. The number of halogens is 1. The van der Waals surface area contributed by atoms with Gasteiger partial charge in [-0.3, -0.25) is 5.43 Å². The van der Waals surface area contributed by atoms with Crippen LogP contribution in [-0.4, -0.2) is 9.66 Å². The molecule has 0 spiro atoms. The highest BCUT2D eigenvalue weighted by atomic mass is 35.5. The quantitative estimate of drug-likeness (QED) is 0.746. The minimum Gasteiger partial charge on any atom is -0.293 e. The number of hydrogen-bond acceptors (Lipinski definition) is 2. The van der Waals surface area contributed by atoms with Crippen molar-refractivity contribution in [3.8, 4) is 0 Å². The smallest absolute Gasteiger partial charge is 0.116 e. The van der Waals surface area contributed by atoms with Crippen LogP contribution in [0.1, 0.15) is 0 Å². The zero-order valence-electron chi connectivity index (χ0n) is 8.97. The highest BCUT2D eigenvalue weighted by Crippen LogP contribution is 2.16. The zero-order chi connectivity index (χ0) is 11.7. The lowest BCUT2D eigenvalue weighted by Gasteiger charge is -2.07. The summed E-state index contributed by atoms with van der Waals surface area (Å²) in [6.45, 7) is 0. The van der Waals surface area contributed by atoms with Crippen LogP contribution in [0.3, 0.4) is 0 Å². The number of rotatable bonds is 2. The minimum atomic E-state index is 0.728. The van der Waals surface area contributed by atoms with Gasteiger partial charge in [0.15, 0.2) is 0 Å². The molecular formula is C13H10ClN3. The second-order valence-electron chi connectivity index (χ2n) is 3.72. The fourth-order valence-corrected chi connectivity index (χ4v) is 1.84. The summed E-state index contributed by atoms with van der Waals surface area (Å²) in [5.41, 5.74) is 6.23. The maximum absolute atomic E-state index is 5.84. The van der Waals surface area contributed by atoms with Gasteiger partial charge in [-0.15, -0.1) is 0 Å². The van der Waals surface area contributed by atoms with E-state index in [1.807, 2.05) is 53.2 Å². The van der Waals surface area contributed by atoms with Crippen LogP contribution >= 0.6 is 11.6 Å². The van der Waals surface area contributed by atoms with E-state index in [2.05, 4.69) is 10.4 Å². The number of nitrogens with zero attached hydrogens (tertiary/aromatic N) is 2.